The number of benzene rings is 1. The molecule has 1 amide bonds. The lowest BCUT2D eigenvalue weighted by molar-refractivity contribution is -0.121. The Kier molecular flexibility index (Phi) is 7.89. The number of nitrogens with two attached hydrogens (primary N) is 1. The zero-order valence-electron chi connectivity index (χ0n) is 10.3. The highest BCUT2D eigenvalue weighted by Crippen LogP contribution is 2.21. The molecule has 1 rings (SSSR count). The summed E-state index contributed by atoms with van der Waals surface area (Å²) in [6, 6.07) is 7.93. The fourth-order valence-corrected chi connectivity index (χ4v) is 2.84. The fraction of sp³-hybridized carbons (Fsp3) is 0.462. The molecule has 3 nitrogen and oxygen atoms in total. The molecule has 5 heteroatoms. The molecule has 0 heterocycles. The molecule has 0 unspecified atom stereocenters. The van der Waals surface area contributed by atoms with Crippen LogP contribution in [0.4, 0.5) is 0 Å². The zero-order valence-corrected chi connectivity index (χ0v) is 11.9. The van der Waals surface area contributed by atoms with Crippen molar-refractivity contribution < 1.29 is 4.79 Å². The highest BCUT2D eigenvalue weighted by Gasteiger charge is 2.00. The number of thioether (sulfide) groups is 1. The van der Waals surface area contributed by atoms with Gasteiger partial charge in [-0.05, 0) is 30.2 Å². The average Bonchev–Trinajstić information content (AvgIpc) is 2.39. The third-order valence-corrected chi connectivity index (χ3v) is 4.03. The highest BCUT2D eigenvalue weighted by molar-refractivity contribution is 7.98. The summed E-state index contributed by atoms with van der Waals surface area (Å²) in [5.41, 5.74) is 3.32. The number of carbonyl (C=O) groups excluding carboxylic acids is 1. The molecule has 0 bridgehead atoms. The van der Waals surface area contributed by atoms with Crippen LogP contribution in [0, 0.1) is 0 Å². The van der Waals surface area contributed by atoms with E-state index in [0.717, 1.165) is 35.8 Å². The van der Waals surface area contributed by atoms with Gasteiger partial charge in [0.1, 0.15) is 0 Å². The Morgan fingerprint density at radius 2 is 2.06 bits per heavy atom. The van der Waals surface area contributed by atoms with E-state index in [1.165, 1.54) is 5.56 Å². The summed E-state index contributed by atoms with van der Waals surface area (Å²) in [6.07, 6.45) is 3.59. The number of hydrazine groups is 1. The first-order valence-corrected chi connectivity index (χ1v) is 7.58. The summed E-state index contributed by atoms with van der Waals surface area (Å²) >= 11 is 7.94. The molecule has 0 fully saturated rings. The molecule has 0 aliphatic carbocycles. The van der Waals surface area contributed by atoms with Crippen LogP contribution in [0.15, 0.2) is 24.3 Å². The van der Waals surface area contributed by atoms with Crippen LogP contribution in [0.5, 0.6) is 0 Å². The van der Waals surface area contributed by atoms with Gasteiger partial charge in [-0.25, -0.2) is 5.84 Å². The summed E-state index contributed by atoms with van der Waals surface area (Å²) in [5.74, 6) is 6.95. The van der Waals surface area contributed by atoms with Crippen LogP contribution < -0.4 is 11.3 Å². The van der Waals surface area contributed by atoms with Crippen LogP contribution >= 0.6 is 23.4 Å². The number of halogens is 1. The second-order valence-corrected chi connectivity index (χ2v) is 5.53. The third-order valence-electron chi connectivity index (χ3n) is 2.57. The second-order valence-electron chi connectivity index (χ2n) is 4.02. The van der Waals surface area contributed by atoms with Crippen molar-refractivity contribution in [1.29, 1.82) is 0 Å². The van der Waals surface area contributed by atoms with E-state index in [1.54, 1.807) is 0 Å². The number of nitrogens with one attached hydrogen (secondary N) is 1. The minimum absolute atomic E-state index is 0.0845. The van der Waals surface area contributed by atoms with Crippen molar-refractivity contribution >= 4 is 29.3 Å². The first-order chi connectivity index (χ1) is 8.74. The number of unbranched alkanes of at least 4 members (excludes halogenated alkanes) is 2. The summed E-state index contributed by atoms with van der Waals surface area (Å²) in [6.45, 7) is 0. The minimum atomic E-state index is -0.0845. The average molecular weight is 287 g/mol. The van der Waals surface area contributed by atoms with Crippen molar-refractivity contribution in [3.05, 3.63) is 34.9 Å². The maximum atomic E-state index is 10.9. The second kappa shape index (κ2) is 9.25. The molecule has 1 aromatic rings. The van der Waals surface area contributed by atoms with E-state index in [4.69, 9.17) is 17.4 Å². The standard InChI is InChI=1S/C13H19ClN2OS/c14-12-7-4-3-6-11(12)10-18-9-5-1-2-8-13(17)16-15/h3-4,6-7H,1-2,5,8-10,15H2,(H,16,17). The molecular formula is C13H19ClN2OS. The van der Waals surface area contributed by atoms with Crippen LogP contribution in [-0.4, -0.2) is 11.7 Å². The normalized spacial score (nSPS) is 10.3. The highest BCUT2D eigenvalue weighted by atomic mass is 35.5. The maximum Gasteiger partial charge on any atom is 0.233 e. The molecule has 0 aliphatic heterocycles. The summed E-state index contributed by atoms with van der Waals surface area (Å²) in [4.78, 5) is 10.9. The molecular weight excluding hydrogens is 268 g/mol. The van der Waals surface area contributed by atoms with Gasteiger partial charge in [-0.15, -0.1) is 0 Å². The molecule has 0 radical (unpaired) electrons. The van der Waals surface area contributed by atoms with Gasteiger partial charge < -0.3 is 0 Å². The van der Waals surface area contributed by atoms with E-state index < -0.39 is 0 Å². The van der Waals surface area contributed by atoms with Crippen LogP contribution in [-0.2, 0) is 10.5 Å². The van der Waals surface area contributed by atoms with E-state index >= 15 is 0 Å². The lowest BCUT2D eigenvalue weighted by Gasteiger charge is -2.04. The van der Waals surface area contributed by atoms with E-state index in [2.05, 4.69) is 11.5 Å². The molecule has 100 valence electrons. The predicted octanol–water partition coefficient (Wildman–Crippen LogP) is 3.12. The molecule has 0 saturated heterocycles. The summed E-state index contributed by atoms with van der Waals surface area (Å²) in [5, 5.41) is 0.838. The Bertz CT molecular complexity index is 374. The SMILES string of the molecule is NNC(=O)CCCCCSCc1ccccc1Cl. The van der Waals surface area contributed by atoms with Crippen molar-refractivity contribution in [3.63, 3.8) is 0 Å². The Hall–Kier alpha value is -0.710. The van der Waals surface area contributed by atoms with E-state index in [9.17, 15) is 4.79 Å². The fourth-order valence-electron chi connectivity index (χ4n) is 1.54. The van der Waals surface area contributed by atoms with Gasteiger partial charge in [0.25, 0.3) is 0 Å². The number of hydrogen-bond acceptors (Lipinski definition) is 3. The van der Waals surface area contributed by atoms with Crippen molar-refractivity contribution in [2.75, 3.05) is 5.75 Å². The van der Waals surface area contributed by atoms with Crippen molar-refractivity contribution in [1.82, 2.24) is 5.43 Å². The Morgan fingerprint density at radius 1 is 1.28 bits per heavy atom. The molecule has 1 aromatic carbocycles. The summed E-state index contributed by atoms with van der Waals surface area (Å²) < 4.78 is 0. The van der Waals surface area contributed by atoms with E-state index in [-0.39, 0.29) is 5.91 Å². The number of amides is 1. The van der Waals surface area contributed by atoms with Crippen LogP contribution in [0.2, 0.25) is 5.02 Å². The van der Waals surface area contributed by atoms with Gasteiger partial charge >= 0.3 is 0 Å². The first-order valence-electron chi connectivity index (χ1n) is 6.04. The predicted molar refractivity (Wildman–Crippen MR) is 78.4 cm³/mol. The van der Waals surface area contributed by atoms with Crippen LogP contribution in [0.1, 0.15) is 31.2 Å². The topological polar surface area (TPSA) is 55.1 Å². The Labute approximate surface area is 117 Å². The maximum absolute atomic E-state index is 10.9. The van der Waals surface area contributed by atoms with Gasteiger partial charge in [0, 0.05) is 17.2 Å². The van der Waals surface area contributed by atoms with Gasteiger partial charge in [-0.1, -0.05) is 36.2 Å². The van der Waals surface area contributed by atoms with Gasteiger partial charge in [0.05, 0.1) is 0 Å². The molecule has 3 N–H and O–H groups in total. The summed E-state index contributed by atoms with van der Waals surface area (Å²) in [7, 11) is 0. The quantitative estimate of drug-likeness (QED) is 0.334. The number of hydrogen-bond donors (Lipinski definition) is 2. The molecule has 0 aliphatic rings. The van der Waals surface area contributed by atoms with Gasteiger partial charge in [0.15, 0.2) is 0 Å². The lowest BCUT2D eigenvalue weighted by atomic mass is 10.2. The van der Waals surface area contributed by atoms with Gasteiger partial charge in [0.2, 0.25) is 5.91 Å². The van der Waals surface area contributed by atoms with Gasteiger partial charge in [-0.3, -0.25) is 10.2 Å². The molecule has 0 aromatic heterocycles. The molecule has 0 saturated carbocycles. The first kappa shape index (κ1) is 15.3. The van der Waals surface area contributed by atoms with Crippen molar-refractivity contribution in [3.8, 4) is 0 Å². The van der Waals surface area contributed by atoms with Crippen molar-refractivity contribution in [2.24, 2.45) is 5.84 Å². The Balaban J connectivity index is 2.02. The monoisotopic (exact) mass is 286 g/mol. The zero-order chi connectivity index (χ0) is 13.2. The van der Waals surface area contributed by atoms with Gasteiger partial charge in [-0.2, -0.15) is 11.8 Å². The molecule has 0 spiro atoms. The molecule has 0 atom stereocenters. The van der Waals surface area contributed by atoms with Crippen LogP contribution in [0.3, 0.4) is 0 Å². The molecule has 18 heavy (non-hydrogen) atoms. The third kappa shape index (κ3) is 6.28. The van der Waals surface area contributed by atoms with E-state index in [0.29, 0.717) is 6.42 Å². The number of rotatable bonds is 8. The largest absolute Gasteiger partial charge is 0.294 e. The van der Waals surface area contributed by atoms with Crippen molar-refractivity contribution in [2.45, 2.75) is 31.4 Å². The smallest absolute Gasteiger partial charge is 0.233 e. The Morgan fingerprint density at radius 3 is 2.78 bits per heavy atom. The lowest BCUT2D eigenvalue weighted by Crippen LogP contribution is -2.29. The minimum Gasteiger partial charge on any atom is -0.294 e. The van der Waals surface area contributed by atoms with E-state index in [1.807, 2.05) is 30.0 Å². The van der Waals surface area contributed by atoms with Crippen LogP contribution in [0.25, 0.3) is 0 Å². The number of carbonyl (C=O) groups is 1.